The minimum Gasteiger partial charge on any atom is -0.366 e. The summed E-state index contributed by atoms with van der Waals surface area (Å²) in [6.07, 6.45) is 0. The molecule has 1 aromatic heterocycles. The molecule has 0 spiro atoms. The Labute approximate surface area is 142 Å². The Morgan fingerprint density at radius 1 is 1.25 bits per heavy atom. The second kappa shape index (κ2) is 6.74. The van der Waals surface area contributed by atoms with Gasteiger partial charge in [0.25, 0.3) is 0 Å². The number of carbonyl (C=O) groups is 1. The SMILES string of the molecule is CCN(C)S(=O)(=O)c1c(C)nn(Cc2ccc(C(N)=O)cc2)c1C. The Hall–Kier alpha value is -2.19. The largest absolute Gasteiger partial charge is 0.366 e. The molecule has 0 aliphatic rings. The second-order valence-corrected chi connectivity index (χ2v) is 7.62. The number of nitrogens with zero attached hydrogens (tertiary/aromatic N) is 3. The fraction of sp³-hybridized carbons (Fsp3) is 0.375. The summed E-state index contributed by atoms with van der Waals surface area (Å²) < 4.78 is 28.2. The lowest BCUT2D eigenvalue weighted by atomic mass is 10.1. The topological polar surface area (TPSA) is 98.3 Å². The van der Waals surface area contributed by atoms with Gasteiger partial charge in [-0.15, -0.1) is 0 Å². The van der Waals surface area contributed by atoms with Crippen molar-refractivity contribution in [2.75, 3.05) is 13.6 Å². The second-order valence-electron chi connectivity index (χ2n) is 5.64. The quantitative estimate of drug-likeness (QED) is 0.848. The molecule has 1 amide bonds. The van der Waals surface area contributed by atoms with Crippen molar-refractivity contribution in [1.29, 1.82) is 0 Å². The van der Waals surface area contributed by atoms with E-state index in [4.69, 9.17) is 5.73 Å². The lowest BCUT2D eigenvalue weighted by Crippen LogP contribution is -2.27. The lowest BCUT2D eigenvalue weighted by Gasteiger charge is -2.15. The molecule has 0 bridgehead atoms. The Bertz CT molecular complexity index is 854. The Morgan fingerprint density at radius 3 is 2.33 bits per heavy atom. The average molecular weight is 350 g/mol. The van der Waals surface area contributed by atoms with E-state index >= 15 is 0 Å². The third-order valence-corrected chi connectivity index (χ3v) is 6.19. The zero-order chi connectivity index (χ0) is 18.1. The van der Waals surface area contributed by atoms with Gasteiger partial charge in [-0.25, -0.2) is 12.7 Å². The molecule has 2 rings (SSSR count). The molecule has 0 saturated carbocycles. The smallest absolute Gasteiger partial charge is 0.248 e. The monoisotopic (exact) mass is 350 g/mol. The van der Waals surface area contributed by atoms with Crippen LogP contribution in [0, 0.1) is 13.8 Å². The number of rotatable bonds is 6. The van der Waals surface area contributed by atoms with Crippen LogP contribution in [0.25, 0.3) is 0 Å². The van der Waals surface area contributed by atoms with Crippen LogP contribution in [0.15, 0.2) is 29.2 Å². The zero-order valence-electron chi connectivity index (χ0n) is 14.3. The summed E-state index contributed by atoms with van der Waals surface area (Å²) in [6, 6.07) is 6.85. The van der Waals surface area contributed by atoms with Crippen molar-refractivity contribution in [3.63, 3.8) is 0 Å². The van der Waals surface area contributed by atoms with E-state index in [9.17, 15) is 13.2 Å². The van der Waals surface area contributed by atoms with Crippen molar-refractivity contribution in [2.24, 2.45) is 5.73 Å². The summed E-state index contributed by atoms with van der Waals surface area (Å²) in [6.45, 7) is 6.02. The van der Waals surface area contributed by atoms with E-state index in [1.807, 2.05) is 0 Å². The minimum atomic E-state index is -3.55. The van der Waals surface area contributed by atoms with Gasteiger partial charge in [-0.2, -0.15) is 5.10 Å². The molecule has 0 fully saturated rings. The van der Waals surface area contributed by atoms with Crippen LogP contribution in [-0.4, -0.2) is 42.0 Å². The molecular weight excluding hydrogens is 328 g/mol. The standard InChI is InChI=1S/C16H22N4O3S/c1-5-19(4)24(22,23)15-11(2)18-20(12(15)3)10-13-6-8-14(9-7-13)16(17)21/h6-9H,5,10H2,1-4H3,(H2,17,21). The fourth-order valence-corrected chi connectivity index (χ4v) is 4.03. The maximum atomic E-state index is 12.6. The number of hydrogen-bond acceptors (Lipinski definition) is 4. The molecule has 0 aliphatic carbocycles. The van der Waals surface area contributed by atoms with Crippen molar-refractivity contribution >= 4 is 15.9 Å². The number of amides is 1. The minimum absolute atomic E-state index is 0.251. The van der Waals surface area contributed by atoms with Gasteiger partial charge in [0.2, 0.25) is 15.9 Å². The summed E-state index contributed by atoms with van der Waals surface area (Å²) in [5.41, 5.74) is 7.62. The maximum Gasteiger partial charge on any atom is 0.248 e. The Balaban J connectivity index is 2.37. The van der Waals surface area contributed by atoms with E-state index in [1.54, 1.807) is 56.8 Å². The van der Waals surface area contributed by atoms with Gasteiger partial charge in [0.1, 0.15) is 4.90 Å². The predicted octanol–water partition coefficient (Wildman–Crippen LogP) is 1.29. The van der Waals surface area contributed by atoms with Gasteiger partial charge < -0.3 is 5.73 Å². The van der Waals surface area contributed by atoms with Crippen LogP contribution in [-0.2, 0) is 16.6 Å². The van der Waals surface area contributed by atoms with E-state index < -0.39 is 15.9 Å². The molecule has 7 nitrogen and oxygen atoms in total. The number of carbonyl (C=O) groups excluding carboxylic acids is 1. The number of benzene rings is 1. The first-order valence-corrected chi connectivity index (χ1v) is 9.01. The highest BCUT2D eigenvalue weighted by Crippen LogP contribution is 2.23. The van der Waals surface area contributed by atoms with Crippen molar-refractivity contribution in [3.8, 4) is 0 Å². The van der Waals surface area contributed by atoms with Crippen LogP contribution in [0.2, 0.25) is 0 Å². The molecule has 130 valence electrons. The van der Waals surface area contributed by atoms with Crippen LogP contribution >= 0.6 is 0 Å². The van der Waals surface area contributed by atoms with Crippen molar-refractivity contribution in [2.45, 2.75) is 32.2 Å². The molecule has 0 radical (unpaired) electrons. The molecule has 2 aromatic rings. The van der Waals surface area contributed by atoms with E-state index in [0.29, 0.717) is 30.0 Å². The van der Waals surface area contributed by atoms with Gasteiger partial charge in [-0.05, 0) is 31.5 Å². The first-order valence-electron chi connectivity index (χ1n) is 7.57. The molecule has 0 saturated heterocycles. The summed E-state index contributed by atoms with van der Waals surface area (Å²) in [4.78, 5) is 11.4. The molecule has 2 N–H and O–H groups in total. The van der Waals surface area contributed by atoms with Crippen molar-refractivity contribution in [3.05, 3.63) is 46.8 Å². The lowest BCUT2D eigenvalue weighted by molar-refractivity contribution is 0.100. The van der Waals surface area contributed by atoms with Crippen LogP contribution in [0.3, 0.4) is 0 Å². The number of hydrogen-bond donors (Lipinski definition) is 1. The molecule has 24 heavy (non-hydrogen) atoms. The van der Waals surface area contributed by atoms with Gasteiger partial charge >= 0.3 is 0 Å². The highest BCUT2D eigenvalue weighted by molar-refractivity contribution is 7.89. The Kier molecular flexibility index (Phi) is 5.10. The van der Waals surface area contributed by atoms with Gasteiger partial charge in [-0.1, -0.05) is 19.1 Å². The average Bonchev–Trinajstić information content (AvgIpc) is 2.81. The molecule has 0 unspecified atom stereocenters. The Morgan fingerprint density at radius 2 is 1.83 bits per heavy atom. The van der Waals surface area contributed by atoms with E-state index in [0.717, 1.165) is 5.56 Å². The van der Waals surface area contributed by atoms with Gasteiger partial charge in [-0.3, -0.25) is 9.48 Å². The number of aryl methyl sites for hydroxylation is 1. The summed E-state index contributed by atoms with van der Waals surface area (Å²) >= 11 is 0. The highest BCUT2D eigenvalue weighted by atomic mass is 32.2. The van der Waals surface area contributed by atoms with Gasteiger partial charge in [0, 0.05) is 19.2 Å². The summed E-state index contributed by atoms with van der Waals surface area (Å²) in [5.74, 6) is -0.483. The molecule has 1 heterocycles. The van der Waals surface area contributed by atoms with E-state index in [-0.39, 0.29) is 4.90 Å². The maximum absolute atomic E-state index is 12.6. The van der Waals surface area contributed by atoms with Crippen LogP contribution in [0.1, 0.15) is 34.2 Å². The fourth-order valence-electron chi connectivity index (χ4n) is 2.48. The van der Waals surface area contributed by atoms with E-state index in [1.165, 1.54) is 4.31 Å². The molecular formula is C16H22N4O3S. The number of aromatic nitrogens is 2. The van der Waals surface area contributed by atoms with Crippen molar-refractivity contribution < 1.29 is 13.2 Å². The summed E-state index contributed by atoms with van der Waals surface area (Å²) in [7, 11) is -2.00. The third-order valence-electron chi connectivity index (χ3n) is 4.00. The third kappa shape index (κ3) is 3.34. The van der Waals surface area contributed by atoms with Crippen LogP contribution in [0.5, 0.6) is 0 Å². The highest BCUT2D eigenvalue weighted by Gasteiger charge is 2.27. The van der Waals surface area contributed by atoms with Crippen molar-refractivity contribution in [1.82, 2.24) is 14.1 Å². The first kappa shape index (κ1) is 18.2. The number of sulfonamides is 1. The van der Waals surface area contributed by atoms with Gasteiger partial charge in [0.05, 0.1) is 17.9 Å². The normalized spacial score (nSPS) is 11.9. The van der Waals surface area contributed by atoms with E-state index in [2.05, 4.69) is 5.10 Å². The number of primary amides is 1. The number of nitrogens with two attached hydrogens (primary N) is 1. The van der Waals surface area contributed by atoms with Crippen LogP contribution in [0.4, 0.5) is 0 Å². The van der Waals surface area contributed by atoms with Gasteiger partial charge in [0.15, 0.2) is 0 Å². The zero-order valence-corrected chi connectivity index (χ0v) is 15.1. The molecule has 1 aromatic carbocycles. The predicted molar refractivity (Wildman–Crippen MR) is 91.3 cm³/mol. The van der Waals surface area contributed by atoms with Crippen LogP contribution < -0.4 is 5.73 Å². The molecule has 0 atom stereocenters. The molecule has 0 aliphatic heterocycles. The first-order chi connectivity index (χ1) is 11.2. The molecule has 8 heteroatoms. The summed E-state index contributed by atoms with van der Waals surface area (Å²) in [5, 5.41) is 4.37.